The number of guanidine groups is 1. The molecule has 0 aliphatic carbocycles. The van der Waals surface area contributed by atoms with Gasteiger partial charge in [-0.1, -0.05) is 28.1 Å². The Labute approximate surface area is 138 Å². The first-order valence-corrected chi connectivity index (χ1v) is 7.56. The number of ether oxygens (including phenoxy) is 2. The average molecular weight is 364 g/mol. The van der Waals surface area contributed by atoms with Crippen LogP contribution in [0, 0.1) is 0 Å². The number of nitrogens with one attached hydrogen (secondary N) is 1. The molecule has 6 heteroatoms. The van der Waals surface area contributed by atoms with Crippen LogP contribution in [0.3, 0.4) is 0 Å². The minimum Gasteiger partial charge on any atom is -0.495 e. The molecule has 0 aliphatic heterocycles. The van der Waals surface area contributed by atoms with Crippen molar-refractivity contribution in [3.05, 3.63) is 53.0 Å². The zero-order chi connectivity index (χ0) is 15.8. The summed E-state index contributed by atoms with van der Waals surface area (Å²) in [6, 6.07) is 15.2. The van der Waals surface area contributed by atoms with Gasteiger partial charge in [-0.2, -0.15) is 0 Å². The Balaban J connectivity index is 1.81. The van der Waals surface area contributed by atoms with Gasteiger partial charge in [-0.15, -0.1) is 0 Å². The van der Waals surface area contributed by atoms with E-state index in [4.69, 9.17) is 15.2 Å². The van der Waals surface area contributed by atoms with E-state index in [0.29, 0.717) is 24.9 Å². The molecule has 0 bridgehead atoms. The minimum absolute atomic E-state index is 0.323. The maximum Gasteiger partial charge on any atom is 0.193 e. The molecule has 0 saturated heterocycles. The summed E-state index contributed by atoms with van der Waals surface area (Å²) in [6.07, 6.45) is 0. The third kappa shape index (κ3) is 4.96. The topological polar surface area (TPSA) is 68.9 Å². The number of halogens is 1. The van der Waals surface area contributed by atoms with Crippen LogP contribution in [0.5, 0.6) is 11.5 Å². The molecule has 22 heavy (non-hydrogen) atoms. The van der Waals surface area contributed by atoms with Gasteiger partial charge in [-0.05, 0) is 36.4 Å². The van der Waals surface area contributed by atoms with Crippen molar-refractivity contribution in [2.24, 2.45) is 10.7 Å². The molecule has 0 aliphatic rings. The van der Waals surface area contributed by atoms with Gasteiger partial charge in [0, 0.05) is 4.47 Å². The van der Waals surface area contributed by atoms with Crippen LogP contribution in [-0.4, -0.2) is 26.2 Å². The van der Waals surface area contributed by atoms with Crippen LogP contribution in [0.25, 0.3) is 0 Å². The van der Waals surface area contributed by atoms with Crippen molar-refractivity contribution in [1.29, 1.82) is 0 Å². The number of nitrogens with two attached hydrogens (primary N) is 1. The summed E-state index contributed by atoms with van der Waals surface area (Å²) in [5.41, 5.74) is 6.63. The molecule has 0 saturated carbocycles. The van der Waals surface area contributed by atoms with Gasteiger partial charge < -0.3 is 20.5 Å². The smallest absolute Gasteiger partial charge is 0.193 e. The van der Waals surface area contributed by atoms with E-state index < -0.39 is 0 Å². The number of para-hydroxylation sites is 2. The summed E-state index contributed by atoms with van der Waals surface area (Å²) in [6.45, 7) is 0.917. The van der Waals surface area contributed by atoms with Crippen LogP contribution in [0.4, 0.5) is 5.69 Å². The van der Waals surface area contributed by atoms with Gasteiger partial charge in [0.05, 0.1) is 19.3 Å². The Morgan fingerprint density at radius 2 is 1.91 bits per heavy atom. The molecule has 0 spiro atoms. The molecule has 0 radical (unpaired) electrons. The normalized spacial score (nSPS) is 11.1. The van der Waals surface area contributed by atoms with Crippen LogP contribution < -0.4 is 20.5 Å². The third-order valence-corrected chi connectivity index (χ3v) is 3.35. The lowest BCUT2D eigenvalue weighted by Gasteiger charge is -2.10. The molecule has 2 aromatic carbocycles. The Bertz CT molecular complexity index is 630. The molecule has 5 nitrogen and oxygen atoms in total. The van der Waals surface area contributed by atoms with Gasteiger partial charge in [0.15, 0.2) is 5.96 Å². The van der Waals surface area contributed by atoms with E-state index in [0.717, 1.165) is 15.9 Å². The van der Waals surface area contributed by atoms with E-state index >= 15 is 0 Å². The average Bonchev–Trinajstić information content (AvgIpc) is 2.54. The largest absolute Gasteiger partial charge is 0.495 e. The van der Waals surface area contributed by atoms with E-state index in [1.165, 1.54) is 0 Å². The number of hydrogen-bond acceptors (Lipinski definition) is 3. The van der Waals surface area contributed by atoms with Crippen LogP contribution >= 0.6 is 15.9 Å². The van der Waals surface area contributed by atoms with E-state index in [1.54, 1.807) is 7.11 Å². The quantitative estimate of drug-likeness (QED) is 0.469. The maximum absolute atomic E-state index is 5.85. The summed E-state index contributed by atoms with van der Waals surface area (Å²) in [4.78, 5) is 4.22. The van der Waals surface area contributed by atoms with Crippen molar-refractivity contribution < 1.29 is 9.47 Å². The predicted molar refractivity (Wildman–Crippen MR) is 92.7 cm³/mol. The van der Waals surface area contributed by atoms with Crippen molar-refractivity contribution in [3.63, 3.8) is 0 Å². The second-order valence-corrected chi connectivity index (χ2v) is 5.31. The molecule has 116 valence electrons. The second-order valence-electron chi connectivity index (χ2n) is 4.39. The third-order valence-electron chi connectivity index (χ3n) is 2.83. The lowest BCUT2D eigenvalue weighted by atomic mass is 10.3. The molecular weight excluding hydrogens is 346 g/mol. The first-order valence-electron chi connectivity index (χ1n) is 6.77. The Kier molecular flexibility index (Phi) is 6.09. The number of methoxy groups -OCH3 is 1. The van der Waals surface area contributed by atoms with Gasteiger partial charge in [0.25, 0.3) is 0 Å². The minimum atomic E-state index is 0.323. The molecule has 0 amide bonds. The molecular formula is C16H18BrN3O2. The van der Waals surface area contributed by atoms with Gasteiger partial charge in [-0.3, -0.25) is 0 Å². The number of anilines is 1. The summed E-state index contributed by atoms with van der Waals surface area (Å²) in [5.74, 6) is 1.84. The molecule has 0 unspecified atom stereocenters. The maximum atomic E-state index is 5.85. The highest BCUT2D eigenvalue weighted by molar-refractivity contribution is 9.10. The van der Waals surface area contributed by atoms with Gasteiger partial charge in [-0.25, -0.2) is 4.99 Å². The zero-order valence-corrected chi connectivity index (χ0v) is 13.8. The molecule has 3 N–H and O–H groups in total. The number of aliphatic imine (C=N–C) groups is 1. The summed E-state index contributed by atoms with van der Waals surface area (Å²) < 4.78 is 11.8. The van der Waals surface area contributed by atoms with Crippen LogP contribution in [-0.2, 0) is 0 Å². The number of nitrogens with zero attached hydrogens (tertiary/aromatic N) is 1. The lowest BCUT2D eigenvalue weighted by molar-refractivity contribution is 0.328. The van der Waals surface area contributed by atoms with Gasteiger partial charge >= 0.3 is 0 Å². The first kappa shape index (κ1) is 16.2. The van der Waals surface area contributed by atoms with Crippen molar-refractivity contribution in [2.45, 2.75) is 0 Å². The van der Waals surface area contributed by atoms with E-state index in [1.807, 2.05) is 48.5 Å². The van der Waals surface area contributed by atoms with E-state index in [2.05, 4.69) is 26.2 Å². The molecule has 0 atom stereocenters. The van der Waals surface area contributed by atoms with Crippen molar-refractivity contribution in [3.8, 4) is 11.5 Å². The van der Waals surface area contributed by atoms with E-state index in [-0.39, 0.29) is 0 Å². The Morgan fingerprint density at radius 3 is 2.64 bits per heavy atom. The fourth-order valence-corrected chi connectivity index (χ4v) is 2.05. The lowest BCUT2D eigenvalue weighted by Crippen LogP contribution is -2.23. The number of rotatable bonds is 6. The predicted octanol–water partition coefficient (Wildman–Crippen LogP) is 3.26. The summed E-state index contributed by atoms with van der Waals surface area (Å²) >= 11 is 3.38. The number of benzene rings is 2. The second kappa shape index (κ2) is 8.29. The van der Waals surface area contributed by atoms with Crippen molar-refractivity contribution in [2.75, 3.05) is 25.6 Å². The zero-order valence-electron chi connectivity index (χ0n) is 12.3. The number of hydrogen-bond donors (Lipinski definition) is 2. The highest BCUT2D eigenvalue weighted by atomic mass is 79.9. The Morgan fingerprint density at radius 1 is 1.18 bits per heavy atom. The van der Waals surface area contributed by atoms with Gasteiger partial charge in [0.1, 0.15) is 18.1 Å². The fraction of sp³-hybridized carbons (Fsp3) is 0.188. The fourth-order valence-electron chi connectivity index (χ4n) is 1.79. The van der Waals surface area contributed by atoms with Crippen LogP contribution in [0.15, 0.2) is 58.0 Å². The first-order chi connectivity index (χ1) is 10.7. The Hall–Kier alpha value is -2.21. The monoisotopic (exact) mass is 363 g/mol. The molecule has 2 aromatic rings. The molecule has 2 rings (SSSR count). The molecule has 0 aromatic heterocycles. The van der Waals surface area contributed by atoms with Crippen molar-refractivity contribution >= 4 is 27.6 Å². The van der Waals surface area contributed by atoms with Crippen LogP contribution in [0.1, 0.15) is 0 Å². The summed E-state index contributed by atoms with van der Waals surface area (Å²) in [5, 5.41) is 3.01. The highest BCUT2D eigenvalue weighted by Crippen LogP contribution is 2.22. The summed E-state index contributed by atoms with van der Waals surface area (Å²) in [7, 11) is 1.61. The highest BCUT2D eigenvalue weighted by Gasteiger charge is 2.02. The van der Waals surface area contributed by atoms with Gasteiger partial charge in [0.2, 0.25) is 0 Å². The standard InChI is InChI=1S/C16H18BrN3O2/c1-21-15-5-3-2-4-14(15)20-16(18)19-10-11-22-13-8-6-12(17)7-9-13/h2-9H,10-11H2,1H3,(H3,18,19,20). The molecule has 0 heterocycles. The SMILES string of the molecule is COc1ccccc1NC(N)=NCCOc1ccc(Br)cc1. The molecule has 0 fully saturated rings. The van der Waals surface area contributed by atoms with Crippen molar-refractivity contribution in [1.82, 2.24) is 0 Å². The van der Waals surface area contributed by atoms with E-state index in [9.17, 15) is 0 Å². The van der Waals surface area contributed by atoms with Crippen LogP contribution in [0.2, 0.25) is 0 Å².